The average Bonchev–Trinajstić information content (AvgIpc) is 2.58. The average molecular weight is 343 g/mol. The third-order valence-electron chi connectivity index (χ3n) is 3.28. The van der Waals surface area contributed by atoms with Crippen molar-refractivity contribution in [1.82, 2.24) is 5.32 Å². The first-order chi connectivity index (χ1) is 11.9. The van der Waals surface area contributed by atoms with Gasteiger partial charge in [0.05, 0.1) is 0 Å². The fourth-order valence-electron chi connectivity index (χ4n) is 2.08. The van der Waals surface area contributed by atoms with Gasteiger partial charge in [0, 0.05) is 24.8 Å². The predicted octanol–water partition coefficient (Wildman–Crippen LogP) is 2.08. The first kappa shape index (κ1) is 18.1. The molecule has 0 aromatic heterocycles. The molecule has 3 N–H and O–H groups in total. The van der Waals surface area contributed by atoms with Crippen molar-refractivity contribution in [2.24, 2.45) is 0 Å². The van der Waals surface area contributed by atoms with Gasteiger partial charge < -0.3 is 16.0 Å². The Kier molecular flexibility index (Phi) is 6.22. The van der Waals surface area contributed by atoms with Crippen LogP contribution in [0.5, 0.6) is 0 Å². The lowest BCUT2D eigenvalue weighted by molar-refractivity contribution is -0.136. The van der Waals surface area contributed by atoms with Gasteiger partial charge >= 0.3 is 11.8 Å². The molecule has 0 saturated carbocycles. The largest absolute Gasteiger partial charge is 0.347 e. The number of carbonyl (C=O) groups excluding carboxylic acids is 3. The van der Waals surface area contributed by atoms with E-state index >= 15 is 0 Å². The molecule has 0 saturated heterocycles. The third-order valence-corrected chi connectivity index (χ3v) is 3.28. The maximum absolute atomic E-state index is 12.8. The van der Waals surface area contributed by atoms with Crippen LogP contribution in [0, 0.1) is 5.82 Å². The van der Waals surface area contributed by atoms with Gasteiger partial charge in [0.25, 0.3) is 0 Å². The molecule has 2 aromatic carbocycles. The van der Waals surface area contributed by atoms with Crippen molar-refractivity contribution in [3.05, 3.63) is 59.9 Å². The number of amides is 3. The molecule has 6 nitrogen and oxygen atoms in total. The van der Waals surface area contributed by atoms with Gasteiger partial charge in [0.1, 0.15) is 5.82 Å². The zero-order valence-corrected chi connectivity index (χ0v) is 13.6. The summed E-state index contributed by atoms with van der Waals surface area (Å²) in [5.74, 6) is -2.06. The van der Waals surface area contributed by atoms with Gasteiger partial charge in [-0.1, -0.05) is 12.1 Å². The zero-order chi connectivity index (χ0) is 18.2. The molecule has 7 heteroatoms. The van der Waals surface area contributed by atoms with Crippen LogP contribution < -0.4 is 16.0 Å². The van der Waals surface area contributed by atoms with Gasteiger partial charge in [0.2, 0.25) is 5.91 Å². The summed E-state index contributed by atoms with van der Waals surface area (Å²) < 4.78 is 12.8. The minimum absolute atomic E-state index is 0.197. The summed E-state index contributed by atoms with van der Waals surface area (Å²) in [6.07, 6.45) is 0.491. The Morgan fingerprint density at radius 2 is 1.40 bits per heavy atom. The van der Waals surface area contributed by atoms with E-state index in [0.29, 0.717) is 17.8 Å². The lowest BCUT2D eigenvalue weighted by Crippen LogP contribution is -2.36. The van der Waals surface area contributed by atoms with Gasteiger partial charge in [-0.05, 0) is 48.4 Å². The van der Waals surface area contributed by atoms with Crippen LogP contribution in [0.2, 0.25) is 0 Å². The molecule has 0 atom stereocenters. The van der Waals surface area contributed by atoms with Crippen molar-refractivity contribution >= 4 is 29.1 Å². The zero-order valence-electron chi connectivity index (χ0n) is 13.6. The van der Waals surface area contributed by atoms with Crippen LogP contribution in [0.25, 0.3) is 0 Å². The van der Waals surface area contributed by atoms with Crippen LogP contribution >= 0.6 is 0 Å². The number of benzene rings is 2. The maximum atomic E-state index is 12.8. The Morgan fingerprint density at radius 1 is 0.840 bits per heavy atom. The number of carbonyl (C=O) groups is 3. The number of hydrogen-bond acceptors (Lipinski definition) is 3. The van der Waals surface area contributed by atoms with Gasteiger partial charge in [-0.25, -0.2) is 4.39 Å². The number of hydrogen-bond donors (Lipinski definition) is 3. The number of anilines is 2. The minimum Gasteiger partial charge on any atom is -0.347 e. The van der Waals surface area contributed by atoms with Crippen molar-refractivity contribution in [3.8, 4) is 0 Å². The fourth-order valence-corrected chi connectivity index (χ4v) is 2.08. The maximum Gasteiger partial charge on any atom is 0.313 e. The van der Waals surface area contributed by atoms with Crippen LogP contribution in [0.15, 0.2) is 48.5 Å². The highest BCUT2D eigenvalue weighted by Gasteiger charge is 2.13. The molecule has 0 aliphatic carbocycles. The quantitative estimate of drug-likeness (QED) is 0.727. The Labute approximate surface area is 144 Å². The second kappa shape index (κ2) is 8.58. The molecule has 2 aromatic rings. The molecule has 3 amide bonds. The summed E-state index contributed by atoms with van der Waals surface area (Å²) in [5.41, 5.74) is 1.89. The topological polar surface area (TPSA) is 87.3 Å². The molecule has 0 spiro atoms. The van der Waals surface area contributed by atoms with E-state index in [1.807, 2.05) is 0 Å². The molecular formula is C18H18FN3O3. The first-order valence-electron chi connectivity index (χ1n) is 7.65. The Bertz CT molecular complexity index is 758. The molecule has 0 aliphatic heterocycles. The molecular weight excluding hydrogens is 325 g/mol. The first-order valence-corrected chi connectivity index (χ1v) is 7.65. The molecule has 0 aliphatic rings. The number of rotatable bonds is 5. The van der Waals surface area contributed by atoms with E-state index in [1.165, 1.54) is 19.1 Å². The second-order valence-electron chi connectivity index (χ2n) is 5.35. The normalized spacial score (nSPS) is 10.0. The molecule has 25 heavy (non-hydrogen) atoms. The standard InChI is InChI=1S/C18H18FN3O3/c1-12(23)21-15-6-8-16(9-7-15)22-18(25)17(24)20-11-10-13-2-4-14(19)5-3-13/h2-9H,10-11H2,1H3,(H,20,24)(H,21,23)(H,22,25). The van der Waals surface area contributed by atoms with Gasteiger partial charge in [-0.15, -0.1) is 0 Å². The second-order valence-corrected chi connectivity index (χ2v) is 5.35. The summed E-state index contributed by atoms with van der Waals surface area (Å²) >= 11 is 0. The summed E-state index contributed by atoms with van der Waals surface area (Å²) in [5, 5.41) is 7.57. The highest BCUT2D eigenvalue weighted by atomic mass is 19.1. The fraction of sp³-hybridized carbons (Fsp3) is 0.167. The molecule has 0 fully saturated rings. The molecule has 0 radical (unpaired) electrons. The summed E-state index contributed by atoms with van der Waals surface area (Å²) in [7, 11) is 0. The van der Waals surface area contributed by atoms with Crippen molar-refractivity contribution in [3.63, 3.8) is 0 Å². The van der Waals surface area contributed by atoms with Crippen molar-refractivity contribution < 1.29 is 18.8 Å². The predicted molar refractivity (Wildman–Crippen MR) is 92.5 cm³/mol. The highest BCUT2D eigenvalue weighted by Crippen LogP contribution is 2.13. The minimum atomic E-state index is -0.786. The highest BCUT2D eigenvalue weighted by molar-refractivity contribution is 6.39. The van der Waals surface area contributed by atoms with Crippen LogP contribution in [0.3, 0.4) is 0 Å². The van der Waals surface area contributed by atoms with Crippen molar-refractivity contribution in [1.29, 1.82) is 0 Å². The smallest absolute Gasteiger partial charge is 0.313 e. The number of halogens is 1. The SMILES string of the molecule is CC(=O)Nc1ccc(NC(=O)C(=O)NCCc2ccc(F)cc2)cc1. The van der Waals surface area contributed by atoms with Gasteiger partial charge in [0.15, 0.2) is 0 Å². The summed E-state index contributed by atoms with van der Waals surface area (Å²) in [6, 6.07) is 12.3. The molecule has 0 heterocycles. The van der Waals surface area contributed by atoms with Crippen LogP contribution in [-0.4, -0.2) is 24.3 Å². The van der Waals surface area contributed by atoms with Gasteiger partial charge in [-0.2, -0.15) is 0 Å². The van der Waals surface area contributed by atoms with E-state index in [1.54, 1.807) is 36.4 Å². The Morgan fingerprint density at radius 3 is 1.96 bits per heavy atom. The van der Waals surface area contributed by atoms with Gasteiger partial charge in [-0.3, -0.25) is 14.4 Å². The van der Waals surface area contributed by atoms with Crippen LogP contribution in [0.4, 0.5) is 15.8 Å². The Balaban J connectivity index is 1.78. The monoisotopic (exact) mass is 343 g/mol. The van der Waals surface area contributed by atoms with Crippen LogP contribution in [0.1, 0.15) is 12.5 Å². The van der Waals surface area contributed by atoms with Crippen molar-refractivity contribution in [2.45, 2.75) is 13.3 Å². The van der Waals surface area contributed by atoms with E-state index < -0.39 is 11.8 Å². The Hall–Kier alpha value is -3.22. The molecule has 2 rings (SSSR count). The van der Waals surface area contributed by atoms with E-state index in [9.17, 15) is 18.8 Å². The summed E-state index contributed by atoms with van der Waals surface area (Å²) in [4.78, 5) is 34.5. The van der Waals surface area contributed by atoms with E-state index in [-0.39, 0.29) is 18.3 Å². The summed E-state index contributed by atoms with van der Waals surface area (Å²) in [6.45, 7) is 1.66. The molecule has 130 valence electrons. The lowest BCUT2D eigenvalue weighted by Gasteiger charge is -2.08. The van der Waals surface area contributed by atoms with E-state index in [0.717, 1.165) is 5.56 Å². The number of nitrogens with one attached hydrogen (secondary N) is 3. The van der Waals surface area contributed by atoms with E-state index in [4.69, 9.17) is 0 Å². The lowest BCUT2D eigenvalue weighted by atomic mass is 10.1. The molecule has 0 unspecified atom stereocenters. The molecule has 0 bridgehead atoms. The van der Waals surface area contributed by atoms with Crippen molar-refractivity contribution in [2.75, 3.05) is 17.2 Å². The van der Waals surface area contributed by atoms with Crippen LogP contribution in [-0.2, 0) is 20.8 Å². The van der Waals surface area contributed by atoms with E-state index in [2.05, 4.69) is 16.0 Å². The third kappa shape index (κ3) is 6.06.